The molecule has 0 unspecified atom stereocenters. The Morgan fingerprint density at radius 2 is 1.86 bits per heavy atom. The lowest BCUT2D eigenvalue weighted by Gasteiger charge is -2.39. The van der Waals surface area contributed by atoms with Gasteiger partial charge in [-0.15, -0.1) is 0 Å². The third-order valence-electron chi connectivity index (χ3n) is 8.68. The third-order valence-corrected chi connectivity index (χ3v) is 8.68. The molecule has 2 heterocycles. The Morgan fingerprint density at radius 3 is 2.52 bits per heavy atom. The first-order valence-electron chi connectivity index (χ1n) is 14.6. The Morgan fingerprint density at radius 1 is 1.12 bits per heavy atom. The predicted molar refractivity (Wildman–Crippen MR) is 159 cm³/mol. The second kappa shape index (κ2) is 12.7. The highest BCUT2D eigenvalue weighted by molar-refractivity contribution is 5.70. The molecule has 1 fully saturated rings. The summed E-state index contributed by atoms with van der Waals surface area (Å²) in [5, 5.41) is 14.1. The number of rotatable bonds is 10. The maximum absolute atomic E-state index is 14.3. The van der Waals surface area contributed by atoms with Crippen molar-refractivity contribution in [1.82, 2.24) is 19.2 Å². The van der Waals surface area contributed by atoms with Gasteiger partial charge in [0.2, 0.25) is 5.78 Å². The summed E-state index contributed by atoms with van der Waals surface area (Å²) in [5.74, 6) is 0.327. The molecule has 2 aromatic heterocycles. The SMILES string of the molecule is CCCc1c(Cc2ccc(-c3ccccc3C#N)cc2)c(=O)n([C@H]2CC[C@](CCC(=O)OC)(OC)CC2)c2ncnn12. The average Bonchev–Trinajstić information content (AvgIpc) is 3.52. The van der Waals surface area contributed by atoms with Gasteiger partial charge in [0.15, 0.2) is 0 Å². The molecule has 9 nitrogen and oxygen atoms in total. The monoisotopic (exact) mass is 567 g/mol. The molecule has 9 heteroatoms. The van der Waals surface area contributed by atoms with Crippen molar-refractivity contribution in [3.8, 4) is 17.2 Å². The van der Waals surface area contributed by atoms with Gasteiger partial charge in [-0.1, -0.05) is 55.8 Å². The van der Waals surface area contributed by atoms with Crippen LogP contribution in [0.25, 0.3) is 16.9 Å². The Labute approximate surface area is 245 Å². The fourth-order valence-corrected chi connectivity index (χ4v) is 6.29. The van der Waals surface area contributed by atoms with Crippen LogP contribution in [0.5, 0.6) is 0 Å². The Kier molecular flexibility index (Phi) is 8.83. The molecule has 0 aliphatic heterocycles. The molecule has 0 amide bonds. The van der Waals surface area contributed by atoms with E-state index in [0.29, 0.717) is 37.0 Å². The van der Waals surface area contributed by atoms with Gasteiger partial charge < -0.3 is 9.47 Å². The number of hydrogen-bond donors (Lipinski definition) is 0. The van der Waals surface area contributed by atoms with Crippen LogP contribution in [-0.2, 0) is 27.1 Å². The van der Waals surface area contributed by atoms with Crippen molar-refractivity contribution in [2.75, 3.05) is 14.2 Å². The number of nitriles is 1. The van der Waals surface area contributed by atoms with Gasteiger partial charge in [0.1, 0.15) is 6.33 Å². The molecule has 2 aromatic carbocycles. The maximum atomic E-state index is 14.3. The van der Waals surface area contributed by atoms with Crippen LogP contribution in [0.1, 0.15) is 80.3 Å². The summed E-state index contributed by atoms with van der Waals surface area (Å²) in [6, 6.07) is 17.9. The van der Waals surface area contributed by atoms with Crippen LogP contribution < -0.4 is 5.56 Å². The first-order chi connectivity index (χ1) is 20.4. The molecular formula is C33H37N5O4. The smallest absolute Gasteiger partial charge is 0.305 e. The normalized spacial score (nSPS) is 18.6. The van der Waals surface area contributed by atoms with Crippen molar-refractivity contribution in [2.24, 2.45) is 0 Å². The van der Waals surface area contributed by atoms with Crippen molar-refractivity contribution < 1.29 is 14.3 Å². The molecule has 1 saturated carbocycles. The van der Waals surface area contributed by atoms with E-state index in [0.717, 1.165) is 60.1 Å². The number of hydrogen-bond acceptors (Lipinski definition) is 7. The number of nitrogens with zero attached hydrogens (tertiary/aromatic N) is 5. The van der Waals surface area contributed by atoms with Crippen LogP contribution in [0, 0.1) is 11.3 Å². The molecule has 0 atom stereocenters. The first-order valence-corrected chi connectivity index (χ1v) is 14.6. The zero-order valence-corrected chi connectivity index (χ0v) is 24.5. The topological polar surface area (TPSA) is 112 Å². The van der Waals surface area contributed by atoms with E-state index in [-0.39, 0.29) is 17.6 Å². The Bertz CT molecular complexity index is 1660. The Balaban J connectivity index is 1.47. The number of aromatic nitrogens is 4. The lowest BCUT2D eigenvalue weighted by atomic mass is 9.79. The van der Waals surface area contributed by atoms with Gasteiger partial charge in [-0.3, -0.25) is 14.2 Å². The zero-order valence-electron chi connectivity index (χ0n) is 24.5. The van der Waals surface area contributed by atoms with E-state index >= 15 is 0 Å². The van der Waals surface area contributed by atoms with Gasteiger partial charge in [-0.05, 0) is 61.3 Å². The molecule has 218 valence electrons. The van der Waals surface area contributed by atoms with Gasteiger partial charge in [-0.25, -0.2) is 4.52 Å². The van der Waals surface area contributed by atoms with E-state index in [9.17, 15) is 14.9 Å². The van der Waals surface area contributed by atoms with Crippen LogP contribution in [0.15, 0.2) is 59.7 Å². The Hall–Kier alpha value is -4.29. The average molecular weight is 568 g/mol. The number of carbonyl (C=O) groups is 1. The van der Waals surface area contributed by atoms with Gasteiger partial charge in [0.05, 0.1) is 30.0 Å². The molecule has 0 saturated heterocycles. The van der Waals surface area contributed by atoms with E-state index in [1.54, 1.807) is 7.11 Å². The molecule has 0 N–H and O–H groups in total. The largest absolute Gasteiger partial charge is 0.469 e. The summed E-state index contributed by atoms with van der Waals surface area (Å²) in [6.07, 6.45) is 7.40. The molecule has 1 aliphatic carbocycles. The fraction of sp³-hybridized carbons (Fsp3) is 0.424. The van der Waals surface area contributed by atoms with E-state index < -0.39 is 5.60 Å². The predicted octanol–water partition coefficient (Wildman–Crippen LogP) is 5.43. The van der Waals surface area contributed by atoms with E-state index in [1.165, 1.54) is 13.4 Å². The number of esters is 1. The van der Waals surface area contributed by atoms with Crippen molar-refractivity contribution in [3.05, 3.63) is 87.6 Å². The summed E-state index contributed by atoms with van der Waals surface area (Å²) in [4.78, 5) is 30.6. The summed E-state index contributed by atoms with van der Waals surface area (Å²) in [6.45, 7) is 2.10. The number of fused-ring (bicyclic) bond motifs is 1. The number of benzene rings is 2. The van der Waals surface area contributed by atoms with Gasteiger partial charge >= 0.3 is 5.97 Å². The highest BCUT2D eigenvalue weighted by Crippen LogP contribution is 2.40. The lowest BCUT2D eigenvalue weighted by molar-refractivity contribution is -0.143. The molecule has 1 aliphatic rings. The van der Waals surface area contributed by atoms with Gasteiger partial charge in [-0.2, -0.15) is 15.3 Å². The highest BCUT2D eigenvalue weighted by Gasteiger charge is 2.37. The summed E-state index contributed by atoms with van der Waals surface area (Å²) < 4.78 is 14.4. The molecule has 4 aromatic rings. The summed E-state index contributed by atoms with van der Waals surface area (Å²) in [5.41, 5.74) is 4.69. The van der Waals surface area contributed by atoms with Crippen LogP contribution >= 0.6 is 0 Å². The van der Waals surface area contributed by atoms with Crippen molar-refractivity contribution in [1.29, 1.82) is 5.26 Å². The number of methoxy groups -OCH3 is 2. The van der Waals surface area contributed by atoms with Crippen molar-refractivity contribution in [2.45, 2.75) is 76.4 Å². The van der Waals surface area contributed by atoms with Crippen LogP contribution in [0.3, 0.4) is 0 Å². The third kappa shape index (κ3) is 5.72. The number of ether oxygens (including phenoxy) is 2. The van der Waals surface area contributed by atoms with Crippen molar-refractivity contribution >= 4 is 11.7 Å². The number of carbonyl (C=O) groups excluding carboxylic acids is 1. The quantitative estimate of drug-likeness (QED) is 0.235. The molecular weight excluding hydrogens is 530 g/mol. The van der Waals surface area contributed by atoms with Crippen LogP contribution in [0.2, 0.25) is 0 Å². The fourth-order valence-electron chi connectivity index (χ4n) is 6.29. The molecule has 0 bridgehead atoms. The van der Waals surface area contributed by atoms with E-state index in [1.807, 2.05) is 57.6 Å². The van der Waals surface area contributed by atoms with Gasteiger partial charge in [0.25, 0.3) is 5.56 Å². The van der Waals surface area contributed by atoms with Gasteiger partial charge in [0, 0.05) is 31.6 Å². The number of aryl methyl sites for hydroxylation is 1. The first kappa shape index (κ1) is 29.2. The van der Waals surface area contributed by atoms with E-state index in [4.69, 9.17) is 9.47 Å². The minimum Gasteiger partial charge on any atom is -0.469 e. The second-order valence-electron chi connectivity index (χ2n) is 11.0. The second-order valence-corrected chi connectivity index (χ2v) is 11.0. The highest BCUT2D eigenvalue weighted by atomic mass is 16.5. The lowest BCUT2D eigenvalue weighted by Crippen LogP contribution is -2.40. The molecule has 5 rings (SSSR count). The maximum Gasteiger partial charge on any atom is 0.305 e. The minimum atomic E-state index is -0.408. The summed E-state index contributed by atoms with van der Waals surface area (Å²) >= 11 is 0. The van der Waals surface area contributed by atoms with Crippen molar-refractivity contribution in [3.63, 3.8) is 0 Å². The summed E-state index contributed by atoms with van der Waals surface area (Å²) in [7, 11) is 3.10. The van der Waals surface area contributed by atoms with Crippen LogP contribution in [0.4, 0.5) is 0 Å². The van der Waals surface area contributed by atoms with Crippen LogP contribution in [-0.4, -0.2) is 45.0 Å². The van der Waals surface area contributed by atoms with E-state index in [2.05, 4.69) is 23.1 Å². The zero-order chi connectivity index (χ0) is 29.7. The molecule has 42 heavy (non-hydrogen) atoms. The molecule has 0 spiro atoms. The standard InChI is InChI=1S/C33H37N5O4/c1-4-7-29-28(20-23-10-12-24(13-11-23)27-9-6-5-8-25(27)21-34)31(40)37(32-35-22-36-38(29)32)26-14-17-33(42-3,18-15-26)19-16-30(39)41-2/h5-6,8-13,22,26H,4,7,14-20H2,1-3H3/t26-,33-. The molecule has 0 radical (unpaired) electrons. The minimum absolute atomic E-state index is 0.0256.